The number of nitrogens with zero attached hydrogens (tertiary/aromatic N) is 2. The SMILES string of the molecule is CCc1nc(-c2cc(C)cc(F)c2)nc2c1CNC2. The number of halogens is 1. The van der Waals surface area contributed by atoms with Gasteiger partial charge in [0.2, 0.25) is 0 Å². The van der Waals surface area contributed by atoms with Crippen LogP contribution < -0.4 is 5.32 Å². The van der Waals surface area contributed by atoms with Crippen LogP contribution in [0, 0.1) is 12.7 Å². The molecule has 0 bridgehead atoms. The third-order valence-electron chi connectivity index (χ3n) is 3.41. The molecule has 1 aromatic heterocycles. The highest BCUT2D eigenvalue weighted by atomic mass is 19.1. The van der Waals surface area contributed by atoms with E-state index in [9.17, 15) is 4.39 Å². The molecule has 2 aromatic rings. The maximum atomic E-state index is 13.5. The summed E-state index contributed by atoms with van der Waals surface area (Å²) in [5.41, 5.74) is 4.95. The molecule has 1 aromatic carbocycles. The predicted octanol–water partition coefficient (Wildman–Crippen LogP) is 2.76. The van der Waals surface area contributed by atoms with Crippen LogP contribution in [0.5, 0.6) is 0 Å². The van der Waals surface area contributed by atoms with Crippen LogP contribution in [0.3, 0.4) is 0 Å². The van der Waals surface area contributed by atoms with Crippen LogP contribution in [0.25, 0.3) is 11.4 Å². The Labute approximate surface area is 111 Å². The number of aryl methyl sites for hydroxylation is 2. The van der Waals surface area contributed by atoms with Gasteiger partial charge in [-0.3, -0.25) is 0 Å². The number of hydrogen-bond donors (Lipinski definition) is 1. The van der Waals surface area contributed by atoms with Gasteiger partial charge in [-0.1, -0.05) is 6.92 Å². The molecule has 4 heteroatoms. The zero-order valence-corrected chi connectivity index (χ0v) is 11.1. The molecule has 19 heavy (non-hydrogen) atoms. The van der Waals surface area contributed by atoms with E-state index in [4.69, 9.17) is 0 Å². The fourth-order valence-corrected chi connectivity index (χ4v) is 2.53. The fourth-order valence-electron chi connectivity index (χ4n) is 2.53. The minimum absolute atomic E-state index is 0.240. The van der Waals surface area contributed by atoms with Gasteiger partial charge < -0.3 is 5.32 Å². The Balaban J connectivity index is 2.15. The maximum absolute atomic E-state index is 13.5. The first-order chi connectivity index (χ1) is 9.17. The first-order valence-corrected chi connectivity index (χ1v) is 6.54. The second kappa shape index (κ2) is 4.70. The number of nitrogens with one attached hydrogen (secondary N) is 1. The van der Waals surface area contributed by atoms with E-state index in [1.807, 2.05) is 13.0 Å². The molecule has 1 N–H and O–H groups in total. The van der Waals surface area contributed by atoms with Crippen LogP contribution in [0.4, 0.5) is 4.39 Å². The highest BCUT2D eigenvalue weighted by Gasteiger charge is 2.18. The number of rotatable bonds is 2. The zero-order valence-electron chi connectivity index (χ0n) is 11.1. The van der Waals surface area contributed by atoms with E-state index in [0.717, 1.165) is 42.0 Å². The van der Waals surface area contributed by atoms with Gasteiger partial charge in [-0.15, -0.1) is 0 Å². The monoisotopic (exact) mass is 257 g/mol. The van der Waals surface area contributed by atoms with Gasteiger partial charge in [0.05, 0.1) is 5.69 Å². The van der Waals surface area contributed by atoms with Crippen LogP contribution in [-0.2, 0) is 19.5 Å². The van der Waals surface area contributed by atoms with Gasteiger partial charge in [0, 0.05) is 29.9 Å². The Bertz CT molecular complexity index is 617. The van der Waals surface area contributed by atoms with E-state index in [1.54, 1.807) is 0 Å². The summed E-state index contributed by atoms with van der Waals surface area (Å²) >= 11 is 0. The molecule has 0 spiro atoms. The van der Waals surface area contributed by atoms with Crippen molar-refractivity contribution in [2.45, 2.75) is 33.4 Å². The second-order valence-electron chi connectivity index (χ2n) is 4.89. The number of hydrogen-bond acceptors (Lipinski definition) is 3. The van der Waals surface area contributed by atoms with Crippen molar-refractivity contribution in [3.05, 3.63) is 46.5 Å². The molecule has 0 saturated carbocycles. The average molecular weight is 257 g/mol. The van der Waals surface area contributed by atoms with Gasteiger partial charge >= 0.3 is 0 Å². The Morgan fingerprint density at radius 2 is 2.05 bits per heavy atom. The van der Waals surface area contributed by atoms with Crippen molar-refractivity contribution >= 4 is 0 Å². The van der Waals surface area contributed by atoms with Crippen molar-refractivity contribution < 1.29 is 4.39 Å². The summed E-state index contributed by atoms with van der Waals surface area (Å²) in [5.74, 6) is 0.386. The molecular weight excluding hydrogens is 241 g/mol. The van der Waals surface area contributed by atoms with Gasteiger partial charge in [0.1, 0.15) is 5.82 Å². The molecule has 0 amide bonds. The lowest BCUT2D eigenvalue weighted by Crippen LogP contribution is -2.03. The van der Waals surface area contributed by atoms with Crippen molar-refractivity contribution in [3.8, 4) is 11.4 Å². The van der Waals surface area contributed by atoms with Gasteiger partial charge in [0.25, 0.3) is 0 Å². The molecule has 0 unspecified atom stereocenters. The van der Waals surface area contributed by atoms with Gasteiger partial charge in [-0.2, -0.15) is 0 Å². The van der Waals surface area contributed by atoms with E-state index in [-0.39, 0.29) is 5.82 Å². The standard InChI is InChI=1S/C15H16FN3/c1-3-13-12-7-17-8-14(12)19-15(18-13)10-4-9(2)5-11(16)6-10/h4-6,17H,3,7-8H2,1-2H3. The van der Waals surface area contributed by atoms with Crippen molar-refractivity contribution in [3.63, 3.8) is 0 Å². The van der Waals surface area contributed by atoms with Gasteiger partial charge in [-0.05, 0) is 37.1 Å². The zero-order chi connectivity index (χ0) is 13.4. The lowest BCUT2D eigenvalue weighted by molar-refractivity contribution is 0.627. The van der Waals surface area contributed by atoms with Crippen molar-refractivity contribution in [1.82, 2.24) is 15.3 Å². The van der Waals surface area contributed by atoms with E-state index in [2.05, 4.69) is 22.2 Å². The van der Waals surface area contributed by atoms with Crippen molar-refractivity contribution in [2.24, 2.45) is 0 Å². The quantitative estimate of drug-likeness (QED) is 0.899. The Hall–Kier alpha value is -1.81. The first-order valence-electron chi connectivity index (χ1n) is 6.54. The van der Waals surface area contributed by atoms with Gasteiger partial charge in [-0.25, -0.2) is 14.4 Å². The normalized spacial score (nSPS) is 13.6. The van der Waals surface area contributed by atoms with E-state index in [0.29, 0.717) is 5.82 Å². The topological polar surface area (TPSA) is 37.8 Å². The van der Waals surface area contributed by atoms with Crippen molar-refractivity contribution in [2.75, 3.05) is 0 Å². The Morgan fingerprint density at radius 3 is 2.79 bits per heavy atom. The molecule has 2 heterocycles. The summed E-state index contributed by atoms with van der Waals surface area (Å²) in [7, 11) is 0. The predicted molar refractivity (Wildman–Crippen MR) is 72.1 cm³/mol. The first kappa shape index (κ1) is 12.2. The molecule has 98 valence electrons. The number of benzene rings is 1. The number of aromatic nitrogens is 2. The molecule has 1 aliphatic heterocycles. The molecule has 0 atom stereocenters. The summed E-state index contributed by atoms with van der Waals surface area (Å²) in [5, 5.41) is 3.29. The third-order valence-corrected chi connectivity index (χ3v) is 3.41. The van der Waals surface area contributed by atoms with Crippen LogP contribution >= 0.6 is 0 Å². The summed E-state index contributed by atoms with van der Waals surface area (Å²) in [4.78, 5) is 9.17. The fraction of sp³-hybridized carbons (Fsp3) is 0.333. The molecular formula is C15H16FN3. The molecule has 0 aliphatic carbocycles. The largest absolute Gasteiger partial charge is 0.307 e. The van der Waals surface area contributed by atoms with Crippen LogP contribution in [-0.4, -0.2) is 9.97 Å². The highest BCUT2D eigenvalue weighted by molar-refractivity contribution is 5.57. The van der Waals surface area contributed by atoms with Crippen molar-refractivity contribution in [1.29, 1.82) is 0 Å². The molecule has 0 saturated heterocycles. The minimum atomic E-state index is -0.240. The third kappa shape index (κ3) is 2.24. The summed E-state index contributed by atoms with van der Waals surface area (Å²) < 4.78 is 13.5. The summed E-state index contributed by atoms with van der Waals surface area (Å²) in [6.07, 6.45) is 0.869. The Morgan fingerprint density at radius 1 is 1.21 bits per heavy atom. The minimum Gasteiger partial charge on any atom is -0.307 e. The van der Waals surface area contributed by atoms with Crippen LogP contribution in [0.15, 0.2) is 18.2 Å². The van der Waals surface area contributed by atoms with E-state index >= 15 is 0 Å². The van der Waals surface area contributed by atoms with E-state index in [1.165, 1.54) is 17.7 Å². The molecule has 0 fully saturated rings. The Kier molecular flexibility index (Phi) is 3.03. The summed E-state index contributed by atoms with van der Waals surface area (Å²) in [6.45, 7) is 5.57. The second-order valence-corrected chi connectivity index (χ2v) is 4.89. The molecule has 1 aliphatic rings. The lowest BCUT2D eigenvalue weighted by Gasteiger charge is -2.09. The number of fused-ring (bicyclic) bond motifs is 1. The molecule has 3 rings (SSSR count). The van der Waals surface area contributed by atoms with Crippen LogP contribution in [0.1, 0.15) is 29.4 Å². The molecule has 0 radical (unpaired) electrons. The van der Waals surface area contributed by atoms with E-state index < -0.39 is 0 Å². The molecule has 3 nitrogen and oxygen atoms in total. The summed E-state index contributed by atoms with van der Waals surface area (Å²) in [6, 6.07) is 4.93. The highest BCUT2D eigenvalue weighted by Crippen LogP contribution is 2.24. The maximum Gasteiger partial charge on any atom is 0.159 e. The average Bonchev–Trinajstić information content (AvgIpc) is 2.84. The lowest BCUT2D eigenvalue weighted by atomic mass is 10.1. The van der Waals surface area contributed by atoms with Gasteiger partial charge in [0.15, 0.2) is 5.82 Å². The smallest absolute Gasteiger partial charge is 0.159 e. The van der Waals surface area contributed by atoms with Crippen LogP contribution in [0.2, 0.25) is 0 Å².